The van der Waals surface area contributed by atoms with Crippen LogP contribution in [0, 0.1) is 5.92 Å². The fourth-order valence-corrected chi connectivity index (χ4v) is 4.53. The molecule has 0 heterocycles. The minimum Gasteiger partial charge on any atom is -0.310 e. The molecule has 3 rings (SSSR count). The van der Waals surface area contributed by atoms with Crippen molar-refractivity contribution in [2.75, 3.05) is 5.75 Å². The van der Waals surface area contributed by atoms with E-state index >= 15 is 0 Å². The number of halogens is 1. The summed E-state index contributed by atoms with van der Waals surface area (Å²) in [6.45, 7) is 1.03. The van der Waals surface area contributed by atoms with Crippen LogP contribution >= 0.6 is 27.7 Å². The van der Waals surface area contributed by atoms with Crippen molar-refractivity contribution in [1.29, 1.82) is 0 Å². The Morgan fingerprint density at radius 2 is 1.95 bits per heavy atom. The SMILES string of the molecule is Brc1ccc(CNC2CC2)c(SCC2CCCC2)c1. The van der Waals surface area contributed by atoms with Gasteiger partial charge >= 0.3 is 0 Å². The highest BCUT2D eigenvalue weighted by Crippen LogP contribution is 2.33. The molecule has 1 N–H and O–H groups in total. The van der Waals surface area contributed by atoms with E-state index in [1.54, 1.807) is 0 Å². The monoisotopic (exact) mass is 339 g/mol. The smallest absolute Gasteiger partial charge is 0.0219 e. The van der Waals surface area contributed by atoms with Crippen molar-refractivity contribution in [3.8, 4) is 0 Å². The summed E-state index contributed by atoms with van der Waals surface area (Å²) < 4.78 is 1.21. The number of hydrogen-bond donors (Lipinski definition) is 1. The molecule has 0 amide bonds. The topological polar surface area (TPSA) is 12.0 Å². The average Bonchev–Trinajstić information content (AvgIpc) is 3.09. The second kappa shape index (κ2) is 6.64. The molecule has 1 aromatic carbocycles. The van der Waals surface area contributed by atoms with Gasteiger partial charge in [0, 0.05) is 27.7 Å². The first-order valence-electron chi connectivity index (χ1n) is 7.46. The summed E-state index contributed by atoms with van der Waals surface area (Å²) in [5, 5.41) is 3.63. The normalized spacial score (nSPS) is 20.1. The summed E-state index contributed by atoms with van der Waals surface area (Å²) in [6, 6.07) is 7.53. The van der Waals surface area contributed by atoms with E-state index in [0.717, 1.165) is 18.5 Å². The Kier molecular flexibility index (Phi) is 4.88. The lowest BCUT2D eigenvalue weighted by Gasteiger charge is -2.13. The van der Waals surface area contributed by atoms with Gasteiger partial charge in [0.05, 0.1) is 0 Å². The average molecular weight is 340 g/mol. The van der Waals surface area contributed by atoms with E-state index in [1.165, 1.54) is 59.2 Å². The summed E-state index contributed by atoms with van der Waals surface area (Å²) in [5.74, 6) is 2.25. The molecule has 0 unspecified atom stereocenters. The highest BCUT2D eigenvalue weighted by atomic mass is 79.9. The molecule has 0 atom stereocenters. The van der Waals surface area contributed by atoms with E-state index < -0.39 is 0 Å². The van der Waals surface area contributed by atoms with Gasteiger partial charge in [0.2, 0.25) is 0 Å². The zero-order chi connectivity index (χ0) is 13.1. The molecule has 104 valence electrons. The van der Waals surface area contributed by atoms with Crippen molar-refractivity contribution in [2.45, 2.75) is 56.0 Å². The van der Waals surface area contributed by atoms with Crippen molar-refractivity contribution < 1.29 is 0 Å². The summed E-state index contributed by atoms with van der Waals surface area (Å²) >= 11 is 5.67. The molecule has 0 saturated heterocycles. The number of hydrogen-bond acceptors (Lipinski definition) is 2. The minimum atomic E-state index is 0.788. The predicted octanol–water partition coefficient (Wildman–Crippen LogP) is 4.98. The molecule has 0 radical (unpaired) electrons. The quantitative estimate of drug-likeness (QED) is 0.733. The Bertz CT molecular complexity index is 425. The van der Waals surface area contributed by atoms with E-state index in [-0.39, 0.29) is 0 Å². The molecule has 1 nitrogen and oxygen atoms in total. The van der Waals surface area contributed by atoms with Crippen LogP contribution in [0.3, 0.4) is 0 Å². The molecular weight excluding hydrogens is 318 g/mol. The van der Waals surface area contributed by atoms with Gasteiger partial charge < -0.3 is 5.32 Å². The summed E-state index contributed by atoms with van der Waals surface area (Å²) in [4.78, 5) is 1.47. The Balaban J connectivity index is 1.60. The number of benzene rings is 1. The van der Waals surface area contributed by atoms with Gasteiger partial charge in [-0.05, 0) is 49.3 Å². The van der Waals surface area contributed by atoms with E-state index in [1.807, 2.05) is 0 Å². The molecular formula is C16H22BrNS. The van der Waals surface area contributed by atoms with Crippen LogP contribution in [0.25, 0.3) is 0 Å². The van der Waals surface area contributed by atoms with Crippen LogP contribution in [0.15, 0.2) is 27.6 Å². The van der Waals surface area contributed by atoms with Crippen molar-refractivity contribution in [3.63, 3.8) is 0 Å². The number of rotatable bonds is 6. The second-order valence-electron chi connectivity index (χ2n) is 5.87. The fraction of sp³-hybridized carbons (Fsp3) is 0.625. The maximum atomic E-state index is 3.63. The first-order chi connectivity index (χ1) is 9.31. The molecule has 0 bridgehead atoms. The lowest BCUT2D eigenvalue weighted by molar-refractivity contribution is 0.622. The first kappa shape index (κ1) is 14.0. The van der Waals surface area contributed by atoms with Gasteiger partial charge in [-0.25, -0.2) is 0 Å². The van der Waals surface area contributed by atoms with Gasteiger partial charge in [-0.3, -0.25) is 0 Å². The fourth-order valence-electron chi connectivity index (χ4n) is 2.74. The molecule has 2 aliphatic carbocycles. The molecule has 1 aromatic rings. The second-order valence-corrected chi connectivity index (χ2v) is 7.85. The molecule has 2 fully saturated rings. The largest absolute Gasteiger partial charge is 0.310 e. The lowest BCUT2D eigenvalue weighted by atomic mass is 10.1. The molecule has 2 aliphatic rings. The van der Waals surface area contributed by atoms with Crippen LogP contribution in [0.1, 0.15) is 44.1 Å². The molecule has 2 saturated carbocycles. The predicted molar refractivity (Wildman–Crippen MR) is 86.7 cm³/mol. The number of thioether (sulfide) groups is 1. The third-order valence-corrected chi connectivity index (χ3v) is 5.96. The summed E-state index contributed by atoms with van der Waals surface area (Å²) in [5.41, 5.74) is 1.47. The Morgan fingerprint density at radius 1 is 1.16 bits per heavy atom. The van der Waals surface area contributed by atoms with Crippen LogP contribution < -0.4 is 5.32 Å². The summed E-state index contributed by atoms with van der Waals surface area (Å²) in [6.07, 6.45) is 8.50. The van der Waals surface area contributed by atoms with Gasteiger partial charge in [0.25, 0.3) is 0 Å². The van der Waals surface area contributed by atoms with Crippen LogP contribution in [0.5, 0.6) is 0 Å². The van der Waals surface area contributed by atoms with Gasteiger partial charge in [0.1, 0.15) is 0 Å². The zero-order valence-electron chi connectivity index (χ0n) is 11.3. The molecule has 3 heteroatoms. The van der Waals surface area contributed by atoms with Crippen molar-refractivity contribution >= 4 is 27.7 Å². The zero-order valence-corrected chi connectivity index (χ0v) is 13.7. The highest BCUT2D eigenvalue weighted by molar-refractivity contribution is 9.10. The van der Waals surface area contributed by atoms with Crippen molar-refractivity contribution in [1.82, 2.24) is 5.32 Å². The Hall–Kier alpha value is 0.01000. The molecule has 0 spiro atoms. The van der Waals surface area contributed by atoms with Gasteiger partial charge in [-0.1, -0.05) is 34.8 Å². The standard InChI is InChI=1S/C16H22BrNS/c17-14-6-5-13(10-18-15-7-8-15)16(9-14)19-11-12-3-1-2-4-12/h5-6,9,12,15,18H,1-4,7-8,10-11H2. The van der Waals surface area contributed by atoms with Crippen LogP contribution in [-0.4, -0.2) is 11.8 Å². The van der Waals surface area contributed by atoms with Crippen LogP contribution in [-0.2, 0) is 6.54 Å². The molecule has 0 aliphatic heterocycles. The van der Waals surface area contributed by atoms with Crippen LogP contribution in [0.2, 0.25) is 0 Å². The Morgan fingerprint density at radius 3 is 2.68 bits per heavy atom. The maximum Gasteiger partial charge on any atom is 0.0219 e. The first-order valence-corrected chi connectivity index (χ1v) is 9.24. The maximum absolute atomic E-state index is 3.63. The third kappa shape index (κ3) is 4.24. The minimum absolute atomic E-state index is 0.788. The third-order valence-electron chi connectivity index (χ3n) is 4.14. The van der Waals surface area contributed by atoms with Crippen molar-refractivity contribution in [3.05, 3.63) is 28.2 Å². The Labute approximate surface area is 129 Å². The van der Waals surface area contributed by atoms with Gasteiger partial charge in [-0.15, -0.1) is 11.8 Å². The van der Waals surface area contributed by atoms with E-state index in [4.69, 9.17) is 0 Å². The molecule has 0 aromatic heterocycles. The highest BCUT2D eigenvalue weighted by Gasteiger charge is 2.21. The van der Waals surface area contributed by atoms with Crippen LogP contribution in [0.4, 0.5) is 0 Å². The van der Waals surface area contributed by atoms with Crippen molar-refractivity contribution in [2.24, 2.45) is 5.92 Å². The number of nitrogens with one attached hydrogen (secondary N) is 1. The van der Waals surface area contributed by atoms with Gasteiger partial charge in [-0.2, -0.15) is 0 Å². The summed E-state index contributed by atoms with van der Waals surface area (Å²) in [7, 11) is 0. The lowest BCUT2D eigenvalue weighted by Crippen LogP contribution is -2.15. The van der Waals surface area contributed by atoms with E-state index in [0.29, 0.717) is 0 Å². The molecule has 19 heavy (non-hydrogen) atoms. The van der Waals surface area contributed by atoms with E-state index in [2.05, 4.69) is 51.2 Å². The van der Waals surface area contributed by atoms with E-state index in [9.17, 15) is 0 Å². The van der Waals surface area contributed by atoms with Gasteiger partial charge in [0.15, 0.2) is 0 Å².